The van der Waals surface area contributed by atoms with Gasteiger partial charge in [-0.15, -0.1) is 35.0 Å². The molecule has 0 aliphatic carbocycles. The van der Waals surface area contributed by atoms with E-state index in [1.54, 1.807) is 0 Å². The van der Waals surface area contributed by atoms with Crippen LogP contribution in [-0.4, -0.2) is 23.2 Å². The van der Waals surface area contributed by atoms with E-state index < -0.39 is 0 Å². The minimum atomic E-state index is -0.363. The monoisotopic (exact) mass is 289 g/mol. The zero-order chi connectivity index (χ0) is 12.3. The first-order valence-corrected chi connectivity index (χ1v) is 7.82. The van der Waals surface area contributed by atoms with E-state index in [1.807, 2.05) is 11.8 Å². The third-order valence-electron chi connectivity index (χ3n) is 2.98. The molecule has 0 amide bonds. The molecular weight excluding hydrogens is 273 g/mol. The van der Waals surface area contributed by atoms with E-state index >= 15 is 0 Å². The summed E-state index contributed by atoms with van der Waals surface area (Å²) in [5.74, 6) is 1.21. The second kappa shape index (κ2) is 6.33. The molecule has 1 aromatic carbocycles. The van der Waals surface area contributed by atoms with Gasteiger partial charge in [0.05, 0.1) is 0 Å². The van der Waals surface area contributed by atoms with Gasteiger partial charge in [0.25, 0.3) is 0 Å². The predicted molar refractivity (Wildman–Crippen MR) is 77.5 cm³/mol. The highest BCUT2D eigenvalue weighted by atomic mass is 35.5. The first-order chi connectivity index (χ1) is 8.20. The zero-order valence-electron chi connectivity index (χ0n) is 9.88. The van der Waals surface area contributed by atoms with E-state index in [4.69, 9.17) is 23.2 Å². The van der Waals surface area contributed by atoms with Crippen molar-refractivity contribution in [3.05, 3.63) is 29.3 Å². The number of rotatable bonds is 5. The standard InChI is InChI=1S/C13H17Cl2NS/c1-2-16-11(13(14)15)8-9-3-4-12-10(7-9)5-6-17-12/h3-4,7,11,13,16H,2,5-6,8H2,1H3. The van der Waals surface area contributed by atoms with Crippen molar-refractivity contribution in [2.24, 2.45) is 0 Å². The van der Waals surface area contributed by atoms with Gasteiger partial charge in [0, 0.05) is 16.7 Å². The van der Waals surface area contributed by atoms with E-state index in [0.717, 1.165) is 13.0 Å². The van der Waals surface area contributed by atoms with Gasteiger partial charge in [-0.2, -0.15) is 0 Å². The third-order valence-corrected chi connectivity index (χ3v) is 4.71. The quantitative estimate of drug-likeness (QED) is 0.831. The van der Waals surface area contributed by atoms with Crippen LogP contribution in [-0.2, 0) is 12.8 Å². The number of hydrogen-bond donors (Lipinski definition) is 1. The number of likely N-dealkylation sites (N-methyl/N-ethyl adjacent to an activating group) is 1. The smallest absolute Gasteiger partial charge is 0.123 e. The minimum absolute atomic E-state index is 0.135. The number of nitrogens with one attached hydrogen (secondary N) is 1. The van der Waals surface area contributed by atoms with E-state index in [2.05, 4.69) is 30.4 Å². The van der Waals surface area contributed by atoms with Crippen LogP contribution in [0.5, 0.6) is 0 Å². The fourth-order valence-corrected chi connectivity index (χ4v) is 3.54. The van der Waals surface area contributed by atoms with Crippen molar-refractivity contribution in [1.82, 2.24) is 5.32 Å². The molecule has 1 heterocycles. The highest BCUT2D eigenvalue weighted by Gasteiger charge is 2.18. The van der Waals surface area contributed by atoms with Gasteiger partial charge in [-0.05, 0) is 36.6 Å². The molecular formula is C13H17Cl2NS. The Hall–Kier alpha value is 0.110. The summed E-state index contributed by atoms with van der Waals surface area (Å²) < 4.78 is 0. The number of thioether (sulfide) groups is 1. The van der Waals surface area contributed by atoms with Gasteiger partial charge >= 0.3 is 0 Å². The van der Waals surface area contributed by atoms with Crippen molar-refractivity contribution in [2.45, 2.75) is 35.5 Å². The van der Waals surface area contributed by atoms with Gasteiger partial charge in [-0.3, -0.25) is 0 Å². The van der Waals surface area contributed by atoms with Crippen molar-refractivity contribution >= 4 is 35.0 Å². The molecule has 1 nitrogen and oxygen atoms in total. The fraction of sp³-hybridized carbons (Fsp3) is 0.538. The number of hydrogen-bond acceptors (Lipinski definition) is 2. The van der Waals surface area contributed by atoms with Crippen LogP contribution in [0.3, 0.4) is 0 Å². The summed E-state index contributed by atoms with van der Waals surface area (Å²) in [5.41, 5.74) is 2.80. The zero-order valence-corrected chi connectivity index (χ0v) is 12.2. The number of alkyl halides is 2. The van der Waals surface area contributed by atoms with E-state index in [-0.39, 0.29) is 10.9 Å². The summed E-state index contributed by atoms with van der Waals surface area (Å²) in [6.07, 6.45) is 2.08. The Labute approximate surface area is 117 Å². The molecule has 4 heteroatoms. The molecule has 0 radical (unpaired) electrons. The molecule has 0 saturated carbocycles. The summed E-state index contributed by atoms with van der Waals surface area (Å²) in [7, 11) is 0. The second-order valence-corrected chi connectivity index (χ2v) is 6.54. The normalized spacial score (nSPS) is 16.2. The Kier molecular flexibility index (Phi) is 5.04. The lowest BCUT2D eigenvalue weighted by Crippen LogP contribution is -2.36. The van der Waals surface area contributed by atoms with Crippen LogP contribution >= 0.6 is 35.0 Å². The Morgan fingerprint density at radius 1 is 1.41 bits per heavy atom. The number of benzene rings is 1. The Balaban J connectivity index is 2.07. The van der Waals surface area contributed by atoms with E-state index in [9.17, 15) is 0 Å². The summed E-state index contributed by atoms with van der Waals surface area (Å²) >= 11 is 13.9. The molecule has 0 fully saturated rings. The largest absolute Gasteiger partial charge is 0.311 e. The first-order valence-electron chi connectivity index (χ1n) is 5.97. The van der Waals surface area contributed by atoms with Crippen molar-refractivity contribution in [3.63, 3.8) is 0 Å². The highest BCUT2D eigenvalue weighted by Crippen LogP contribution is 2.32. The van der Waals surface area contributed by atoms with Crippen LogP contribution in [0, 0.1) is 0 Å². The van der Waals surface area contributed by atoms with Crippen LogP contribution < -0.4 is 5.32 Å². The maximum absolute atomic E-state index is 5.99. The van der Waals surface area contributed by atoms with Gasteiger partial charge in [0.15, 0.2) is 0 Å². The van der Waals surface area contributed by atoms with Crippen LogP contribution in [0.15, 0.2) is 23.1 Å². The van der Waals surface area contributed by atoms with Gasteiger partial charge in [0.2, 0.25) is 0 Å². The molecule has 2 rings (SSSR count). The summed E-state index contributed by atoms with van der Waals surface area (Å²) in [6.45, 7) is 2.96. The topological polar surface area (TPSA) is 12.0 Å². The molecule has 0 saturated heterocycles. The van der Waals surface area contributed by atoms with Gasteiger partial charge < -0.3 is 5.32 Å². The highest BCUT2D eigenvalue weighted by molar-refractivity contribution is 7.99. The Morgan fingerprint density at radius 2 is 2.24 bits per heavy atom. The molecule has 1 aliphatic heterocycles. The summed E-state index contributed by atoms with van der Waals surface area (Å²) in [6, 6.07) is 6.85. The third kappa shape index (κ3) is 3.54. The molecule has 1 unspecified atom stereocenters. The van der Waals surface area contributed by atoms with E-state index in [1.165, 1.54) is 28.2 Å². The fourth-order valence-electron chi connectivity index (χ4n) is 2.13. The molecule has 0 spiro atoms. The summed E-state index contributed by atoms with van der Waals surface area (Å²) in [4.78, 5) is 1.07. The van der Waals surface area contributed by atoms with Gasteiger partial charge in [-0.25, -0.2) is 0 Å². The van der Waals surface area contributed by atoms with Crippen LogP contribution in [0.2, 0.25) is 0 Å². The van der Waals surface area contributed by atoms with Crippen LogP contribution in [0.1, 0.15) is 18.1 Å². The second-order valence-electron chi connectivity index (χ2n) is 4.24. The summed E-state index contributed by atoms with van der Waals surface area (Å²) in [5, 5.41) is 3.33. The van der Waals surface area contributed by atoms with Gasteiger partial charge in [0.1, 0.15) is 4.84 Å². The lowest BCUT2D eigenvalue weighted by atomic mass is 10.0. The molecule has 1 aromatic rings. The average molecular weight is 290 g/mol. The average Bonchev–Trinajstić information content (AvgIpc) is 2.75. The number of fused-ring (bicyclic) bond motifs is 1. The van der Waals surface area contributed by atoms with Crippen LogP contribution in [0.4, 0.5) is 0 Å². The first kappa shape index (κ1) is 13.5. The Morgan fingerprint density at radius 3 is 2.94 bits per heavy atom. The number of aryl methyl sites for hydroxylation is 1. The number of halogens is 2. The molecule has 1 aliphatic rings. The molecule has 17 heavy (non-hydrogen) atoms. The van der Waals surface area contributed by atoms with Crippen molar-refractivity contribution < 1.29 is 0 Å². The van der Waals surface area contributed by atoms with E-state index in [0.29, 0.717) is 0 Å². The molecule has 1 atom stereocenters. The molecule has 94 valence electrons. The maximum Gasteiger partial charge on any atom is 0.123 e. The molecule has 0 aromatic heterocycles. The van der Waals surface area contributed by atoms with Gasteiger partial charge in [-0.1, -0.05) is 19.1 Å². The molecule has 1 N–H and O–H groups in total. The minimum Gasteiger partial charge on any atom is -0.311 e. The lowest BCUT2D eigenvalue weighted by molar-refractivity contribution is 0.551. The Bertz CT molecular complexity index is 382. The lowest BCUT2D eigenvalue weighted by Gasteiger charge is -2.19. The van der Waals surface area contributed by atoms with Crippen LogP contribution in [0.25, 0.3) is 0 Å². The molecule has 0 bridgehead atoms. The SMILES string of the molecule is CCNC(Cc1ccc2c(c1)CCS2)C(Cl)Cl. The maximum atomic E-state index is 5.99. The van der Waals surface area contributed by atoms with Crippen molar-refractivity contribution in [2.75, 3.05) is 12.3 Å². The predicted octanol–water partition coefficient (Wildman–Crippen LogP) is 3.66. The van der Waals surface area contributed by atoms with Crippen molar-refractivity contribution in [3.8, 4) is 0 Å². The van der Waals surface area contributed by atoms with Crippen molar-refractivity contribution in [1.29, 1.82) is 0 Å².